The molecule has 0 radical (unpaired) electrons. The van der Waals surface area contributed by atoms with Crippen molar-refractivity contribution in [2.75, 3.05) is 6.54 Å². The van der Waals surface area contributed by atoms with Gasteiger partial charge >= 0.3 is 5.97 Å². The third-order valence-corrected chi connectivity index (χ3v) is 2.90. The van der Waals surface area contributed by atoms with Gasteiger partial charge in [0.1, 0.15) is 0 Å². The van der Waals surface area contributed by atoms with Crippen molar-refractivity contribution >= 4 is 5.97 Å². The van der Waals surface area contributed by atoms with Crippen LogP contribution >= 0.6 is 0 Å². The molecular formula is C13H17NO2. The third kappa shape index (κ3) is 3.07. The lowest BCUT2D eigenvalue weighted by Gasteiger charge is -2.09. The van der Waals surface area contributed by atoms with E-state index < -0.39 is 5.97 Å². The molecule has 0 bridgehead atoms. The van der Waals surface area contributed by atoms with Gasteiger partial charge in [-0.2, -0.15) is 0 Å². The molecule has 1 saturated carbocycles. The minimum absolute atomic E-state index is 0.186. The molecule has 2 rings (SSSR count). The molecule has 0 amide bonds. The fourth-order valence-corrected chi connectivity index (χ4v) is 1.91. The van der Waals surface area contributed by atoms with Gasteiger partial charge in [0.2, 0.25) is 0 Å². The maximum Gasteiger partial charge on any atom is 0.304 e. The van der Waals surface area contributed by atoms with E-state index in [4.69, 9.17) is 5.11 Å². The van der Waals surface area contributed by atoms with E-state index in [0.29, 0.717) is 6.54 Å². The highest BCUT2D eigenvalue weighted by atomic mass is 16.4. The van der Waals surface area contributed by atoms with E-state index >= 15 is 0 Å². The zero-order chi connectivity index (χ0) is 11.4. The van der Waals surface area contributed by atoms with Crippen LogP contribution in [0.5, 0.6) is 0 Å². The van der Waals surface area contributed by atoms with Crippen molar-refractivity contribution in [1.29, 1.82) is 0 Å². The summed E-state index contributed by atoms with van der Waals surface area (Å²) < 4.78 is 0. The van der Waals surface area contributed by atoms with Crippen LogP contribution in [0.2, 0.25) is 0 Å². The van der Waals surface area contributed by atoms with Crippen LogP contribution in [0.4, 0.5) is 0 Å². The van der Waals surface area contributed by atoms with Crippen molar-refractivity contribution in [3.63, 3.8) is 0 Å². The molecule has 0 atom stereocenters. The van der Waals surface area contributed by atoms with Crippen molar-refractivity contribution in [1.82, 2.24) is 5.32 Å². The van der Waals surface area contributed by atoms with Gasteiger partial charge in [0.25, 0.3) is 0 Å². The van der Waals surface area contributed by atoms with Crippen LogP contribution in [-0.2, 0) is 11.3 Å². The zero-order valence-electron chi connectivity index (χ0n) is 9.28. The SMILES string of the molecule is O=C(O)CCNCc1ccccc1C1CC1. The smallest absolute Gasteiger partial charge is 0.304 e. The number of benzene rings is 1. The summed E-state index contributed by atoms with van der Waals surface area (Å²) in [5.41, 5.74) is 2.75. The first kappa shape index (κ1) is 11.1. The van der Waals surface area contributed by atoms with Gasteiger partial charge in [-0.05, 0) is 29.9 Å². The summed E-state index contributed by atoms with van der Waals surface area (Å²) in [4.78, 5) is 10.4. The van der Waals surface area contributed by atoms with E-state index in [0.717, 1.165) is 12.5 Å². The predicted molar refractivity (Wildman–Crippen MR) is 62.4 cm³/mol. The Morgan fingerprint density at radius 3 is 2.81 bits per heavy atom. The first-order valence-electron chi connectivity index (χ1n) is 5.77. The summed E-state index contributed by atoms with van der Waals surface area (Å²) in [6.07, 6.45) is 2.78. The molecule has 2 N–H and O–H groups in total. The summed E-state index contributed by atoms with van der Waals surface area (Å²) in [5.74, 6) is 0.000418. The van der Waals surface area contributed by atoms with E-state index in [1.807, 2.05) is 6.07 Å². The van der Waals surface area contributed by atoms with Gasteiger partial charge in [-0.15, -0.1) is 0 Å². The molecule has 0 spiro atoms. The predicted octanol–water partition coefficient (Wildman–Crippen LogP) is 2.13. The molecule has 16 heavy (non-hydrogen) atoms. The van der Waals surface area contributed by atoms with Gasteiger partial charge in [-0.3, -0.25) is 4.79 Å². The van der Waals surface area contributed by atoms with E-state index in [-0.39, 0.29) is 6.42 Å². The second-order valence-electron chi connectivity index (χ2n) is 4.29. The molecule has 3 heteroatoms. The number of hydrogen-bond acceptors (Lipinski definition) is 2. The van der Waals surface area contributed by atoms with Gasteiger partial charge in [-0.1, -0.05) is 24.3 Å². The van der Waals surface area contributed by atoms with E-state index in [1.165, 1.54) is 24.0 Å². The summed E-state index contributed by atoms with van der Waals surface area (Å²) >= 11 is 0. The Kier molecular flexibility index (Phi) is 3.57. The first-order chi connectivity index (χ1) is 7.77. The fourth-order valence-electron chi connectivity index (χ4n) is 1.91. The summed E-state index contributed by atoms with van der Waals surface area (Å²) in [5, 5.41) is 11.7. The summed E-state index contributed by atoms with van der Waals surface area (Å²) in [6, 6.07) is 8.43. The van der Waals surface area contributed by atoms with Crippen molar-refractivity contribution in [3.05, 3.63) is 35.4 Å². The lowest BCUT2D eigenvalue weighted by atomic mass is 10.0. The molecule has 1 aromatic carbocycles. The van der Waals surface area contributed by atoms with Gasteiger partial charge in [0.05, 0.1) is 6.42 Å². The van der Waals surface area contributed by atoms with Crippen LogP contribution in [0.15, 0.2) is 24.3 Å². The Labute approximate surface area is 95.5 Å². The average Bonchev–Trinajstić information content (AvgIpc) is 3.08. The number of carbonyl (C=O) groups is 1. The van der Waals surface area contributed by atoms with E-state index in [1.54, 1.807) is 0 Å². The Hall–Kier alpha value is -1.35. The van der Waals surface area contributed by atoms with Crippen LogP contribution in [0, 0.1) is 0 Å². The number of hydrogen-bond donors (Lipinski definition) is 2. The van der Waals surface area contributed by atoms with Crippen LogP contribution in [0.25, 0.3) is 0 Å². The number of carboxylic acid groups (broad SMARTS) is 1. The molecule has 1 aromatic rings. The number of aliphatic carboxylic acids is 1. The second kappa shape index (κ2) is 5.12. The number of carboxylic acids is 1. The quantitative estimate of drug-likeness (QED) is 0.720. The number of rotatable bonds is 6. The van der Waals surface area contributed by atoms with Crippen molar-refractivity contribution in [2.24, 2.45) is 0 Å². The molecule has 0 heterocycles. The van der Waals surface area contributed by atoms with Crippen LogP contribution in [0.1, 0.15) is 36.3 Å². The largest absolute Gasteiger partial charge is 0.481 e. The van der Waals surface area contributed by atoms with Crippen molar-refractivity contribution in [3.8, 4) is 0 Å². The molecule has 3 nitrogen and oxygen atoms in total. The second-order valence-corrected chi connectivity index (χ2v) is 4.29. The molecule has 0 saturated heterocycles. The molecule has 0 aliphatic heterocycles. The molecular weight excluding hydrogens is 202 g/mol. The minimum Gasteiger partial charge on any atom is -0.481 e. The Balaban J connectivity index is 1.86. The maximum absolute atomic E-state index is 10.4. The summed E-state index contributed by atoms with van der Waals surface area (Å²) in [7, 11) is 0. The first-order valence-corrected chi connectivity index (χ1v) is 5.77. The van der Waals surface area contributed by atoms with Crippen molar-refractivity contribution < 1.29 is 9.90 Å². The lowest BCUT2D eigenvalue weighted by Crippen LogP contribution is -2.18. The molecule has 1 fully saturated rings. The average molecular weight is 219 g/mol. The highest BCUT2D eigenvalue weighted by Gasteiger charge is 2.25. The molecule has 86 valence electrons. The van der Waals surface area contributed by atoms with Gasteiger partial charge in [-0.25, -0.2) is 0 Å². The van der Waals surface area contributed by atoms with E-state index in [2.05, 4.69) is 23.5 Å². The standard InChI is InChI=1S/C13H17NO2/c15-13(16)7-8-14-9-11-3-1-2-4-12(11)10-5-6-10/h1-4,10,14H,5-9H2,(H,15,16). The Morgan fingerprint density at radius 1 is 1.38 bits per heavy atom. The molecule has 1 aliphatic rings. The van der Waals surface area contributed by atoms with Crippen LogP contribution in [-0.4, -0.2) is 17.6 Å². The Bertz CT molecular complexity index is 372. The van der Waals surface area contributed by atoms with Gasteiger partial charge in [0.15, 0.2) is 0 Å². The van der Waals surface area contributed by atoms with Gasteiger partial charge in [0, 0.05) is 13.1 Å². The normalized spacial score (nSPS) is 15.0. The van der Waals surface area contributed by atoms with E-state index in [9.17, 15) is 4.79 Å². The fraction of sp³-hybridized carbons (Fsp3) is 0.462. The minimum atomic E-state index is -0.747. The highest BCUT2D eigenvalue weighted by Crippen LogP contribution is 2.41. The monoisotopic (exact) mass is 219 g/mol. The maximum atomic E-state index is 10.4. The molecule has 1 aliphatic carbocycles. The summed E-state index contributed by atoms with van der Waals surface area (Å²) in [6.45, 7) is 1.31. The zero-order valence-corrected chi connectivity index (χ0v) is 9.28. The highest BCUT2D eigenvalue weighted by molar-refractivity contribution is 5.66. The van der Waals surface area contributed by atoms with Crippen LogP contribution < -0.4 is 5.32 Å². The molecule has 0 unspecified atom stereocenters. The van der Waals surface area contributed by atoms with Gasteiger partial charge < -0.3 is 10.4 Å². The van der Waals surface area contributed by atoms with Crippen molar-refractivity contribution in [2.45, 2.75) is 31.7 Å². The lowest BCUT2D eigenvalue weighted by molar-refractivity contribution is -0.136. The molecule has 0 aromatic heterocycles. The topological polar surface area (TPSA) is 49.3 Å². The number of nitrogens with one attached hydrogen (secondary N) is 1. The Morgan fingerprint density at radius 2 is 2.12 bits per heavy atom. The third-order valence-electron chi connectivity index (χ3n) is 2.90. The van der Waals surface area contributed by atoms with Crippen LogP contribution in [0.3, 0.4) is 0 Å².